The number of hydrogen-bond donors (Lipinski definition) is 0. The smallest absolute Gasteiger partial charge is 0.119 e. The van der Waals surface area contributed by atoms with Crippen molar-refractivity contribution in [1.29, 1.82) is 0 Å². The Balaban J connectivity index is 2.66. The van der Waals surface area contributed by atoms with Gasteiger partial charge in [0.25, 0.3) is 0 Å². The van der Waals surface area contributed by atoms with Gasteiger partial charge in [-0.2, -0.15) is 0 Å². The number of alkyl halides is 1. The first kappa shape index (κ1) is 10.6. The molecule has 0 bridgehead atoms. The number of aryl methyl sites for hydroxylation is 2. The second-order valence-corrected chi connectivity index (χ2v) is 4.98. The minimum absolute atomic E-state index is 0.397. The van der Waals surface area contributed by atoms with Crippen LogP contribution in [0.4, 0.5) is 0 Å². The zero-order chi connectivity index (χ0) is 9.84. The van der Waals surface area contributed by atoms with E-state index in [1.165, 1.54) is 11.1 Å². The predicted molar refractivity (Wildman–Crippen MR) is 59.8 cm³/mol. The van der Waals surface area contributed by atoms with Crippen molar-refractivity contribution in [2.45, 2.75) is 25.6 Å². The van der Waals surface area contributed by atoms with Crippen LogP contribution in [0.2, 0.25) is 0 Å². The summed E-state index contributed by atoms with van der Waals surface area (Å²) in [6.07, 6.45) is 0. The molecule has 72 valence electrons. The molecule has 0 N–H and O–H groups in total. The van der Waals surface area contributed by atoms with Gasteiger partial charge in [-0.05, 0) is 44.0 Å². The lowest BCUT2D eigenvalue weighted by atomic mass is 10.1. The molecule has 0 aliphatic rings. The van der Waals surface area contributed by atoms with E-state index < -0.39 is 0 Å². The molecular weight excluding hydrogens is 228 g/mol. The van der Waals surface area contributed by atoms with Gasteiger partial charge in [0, 0.05) is 4.83 Å². The van der Waals surface area contributed by atoms with E-state index in [2.05, 4.69) is 54.9 Å². The van der Waals surface area contributed by atoms with Crippen molar-refractivity contribution in [2.24, 2.45) is 0 Å². The Hall–Kier alpha value is -0.500. The normalized spacial score (nSPS) is 12.6. The summed E-state index contributed by atoms with van der Waals surface area (Å²) in [6, 6.07) is 6.26. The third kappa shape index (κ3) is 3.81. The van der Waals surface area contributed by atoms with Crippen LogP contribution in [0.1, 0.15) is 18.1 Å². The van der Waals surface area contributed by atoms with Crippen LogP contribution in [0.5, 0.6) is 5.75 Å². The molecule has 2 heteroatoms. The Morgan fingerprint density at radius 2 is 1.77 bits per heavy atom. The molecule has 0 amide bonds. The molecule has 1 aromatic rings. The van der Waals surface area contributed by atoms with Gasteiger partial charge in [-0.3, -0.25) is 0 Å². The summed E-state index contributed by atoms with van der Waals surface area (Å²) in [5.74, 6) is 0.962. The fraction of sp³-hybridized carbons (Fsp3) is 0.455. The third-order valence-electron chi connectivity index (χ3n) is 1.67. The Morgan fingerprint density at radius 1 is 1.23 bits per heavy atom. The van der Waals surface area contributed by atoms with E-state index in [0.717, 1.165) is 5.75 Å². The maximum Gasteiger partial charge on any atom is 0.119 e. The third-order valence-corrected chi connectivity index (χ3v) is 1.94. The van der Waals surface area contributed by atoms with E-state index in [0.29, 0.717) is 11.4 Å². The molecule has 1 unspecified atom stereocenters. The monoisotopic (exact) mass is 242 g/mol. The highest BCUT2D eigenvalue weighted by molar-refractivity contribution is 9.09. The highest BCUT2D eigenvalue weighted by atomic mass is 79.9. The topological polar surface area (TPSA) is 9.23 Å². The van der Waals surface area contributed by atoms with E-state index in [-0.39, 0.29) is 0 Å². The molecule has 1 aromatic carbocycles. The Bertz CT molecular complexity index is 261. The molecule has 1 atom stereocenters. The zero-order valence-electron chi connectivity index (χ0n) is 8.30. The fourth-order valence-corrected chi connectivity index (χ4v) is 1.36. The second-order valence-electron chi connectivity index (χ2n) is 3.42. The maximum absolute atomic E-state index is 5.58. The summed E-state index contributed by atoms with van der Waals surface area (Å²) in [4.78, 5) is 0.397. The minimum Gasteiger partial charge on any atom is -0.492 e. The number of hydrogen-bond acceptors (Lipinski definition) is 1. The summed E-state index contributed by atoms with van der Waals surface area (Å²) in [5.41, 5.74) is 2.49. The van der Waals surface area contributed by atoms with Gasteiger partial charge >= 0.3 is 0 Å². The fourth-order valence-electron chi connectivity index (χ4n) is 1.23. The van der Waals surface area contributed by atoms with E-state index in [4.69, 9.17) is 4.74 Å². The van der Waals surface area contributed by atoms with Crippen molar-refractivity contribution < 1.29 is 4.74 Å². The molecule has 1 nitrogen and oxygen atoms in total. The molecular formula is C11H15BrO. The summed E-state index contributed by atoms with van der Waals surface area (Å²) >= 11 is 3.44. The Labute approximate surface area is 88.2 Å². The van der Waals surface area contributed by atoms with Crippen molar-refractivity contribution in [3.8, 4) is 5.75 Å². The standard InChI is InChI=1S/C11H15BrO/c1-8-4-9(2)6-11(5-8)13-7-10(3)12/h4-6,10H,7H2,1-3H3. The van der Waals surface area contributed by atoms with Crippen molar-refractivity contribution in [1.82, 2.24) is 0 Å². The van der Waals surface area contributed by atoms with Gasteiger partial charge in [0.05, 0.1) is 0 Å². The molecule has 0 fully saturated rings. The molecule has 0 heterocycles. The van der Waals surface area contributed by atoms with Crippen LogP contribution < -0.4 is 4.74 Å². The number of ether oxygens (including phenoxy) is 1. The predicted octanol–water partition coefficient (Wildman–Crippen LogP) is 3.47. The number of halogens is 1. The summed E-state index contributed by atoms with van der Waals surface area (Å²) in [5, 5.41) is 0. The van der Waals surface area contributed by atoms with E-state index >= 15 is 0 Å². The van der Waals surface area contributed by atoms with E-state index in [1.54, 1.807) is 0 Å². The van der Waals surface area contributed by atoms with Gasteiger partial charge in [-0.1, -0.05) is 22.0 Å². The van der Waals surface area contributed by atoms with Crippen LogP contribution in [-0.2, 0) is 0 Å². The highest BCUT2D eigenvalue weighted by Crippen LogP contribution is 2.16. The Kier molecular flexibility index (Phi) is 3.79. The average Bonchev–Trinajstić information content (AvgIpc) is 1.99. The van der Waals surface area contributed by atoms with E-state index in [1.807, 2.05) is 0 Å². The molecule has 1 rings (SSSR count). The van der Waals surface area contributed by atoms with Gasteiger partial charge in [0.1, 0.15) is 12.4 Å². The van der Waals surface area contributed by atoms with Gasteiger partial charge < -0.3 is 4.74 Å². The molecule has 0 saturated heterocycles. The quantitative estimate of drug-likeness (QED) is 0.738. The Morgan fingerprint density at radius 3 is 2.23 bits per heavy atom. The SMILES string of the molecule is Cc1cc(C)cc(OCC(C)Br)c1. The van der Waals surface area contributed by atoms with Gasteiger partial charge in [0.2, 0.25) is 0 Å². The molecule has 0 radical (unpaired) electrons. The average molecular weight is 243 g/mol. The number of rotatable bonds is 3. The number of benzene rings is 1. The van der Waals surface area contributed by atoms with Crippen LogP contribution in [0, 0.1) is 13.8 Å². The molecule has 0 aliphatic heterocycles. The van der Waals surface area contributed by atoms with Gasteiger partial charge in [-0.25, -0.2) is 0 Å². The summed E-state index contributed by atoms with van der Waals surface area (Å²) < 4.78 is 5.58. The second kappa shape index (κ2) is 4.66. The molecule has 0 spiro atoms. The van der Waals surface area contributed by atoms with Gasteiger partial charge in [0.15, 0.2) is 0 Å². The molecule has 0 aromatic heterocycles. The lowest BCUT2D eigenvalue weighted by Gasteiger charge is -2.09. The summed E-state index contributed by atoms with van der Waals surface area (Å²) in [7, 11) is 0. The highest BCUT2D eigenvalue weighted by Gasteiger charge is 1.99. The van der Waals surface area contributed by atoms with Crippen molar-refractivity contribution in [3.63, 3.8) is 0 Å². The lowest BCUT2D eigenvalue weighted by molar-refractivity contribution is 0.323. The maximum atomic E-state index is 5.58. The molecule has 0 saturated carbocycles. The van der Waals surface area contributed by atoms with E-state index in [9.17, 15) is 0 Å². The summed E-state index contributed by atoms with van der Waals surface area (Å²) in [6.45, 7) is 6.94. The first-order valence-corrected chi connectivity index (χ1v) is 5.34. The zero-order valence-corrected chi connectivity index (χ0v) is 9.89. The largest absolute Gasteiger partial charge is 0.492 e. The molecule has 0 aliphatic carbocycles. The van der Waals surface area contributed by atoms with Crippen LogP contribution >= 0.6 is 15.9 Å². The van der Waals surface area contributed by atoms with Crippen LogP contribution in [0.25, 0.3) is 0 Å². The van der Waals surface area contributed by atoms with Crippen LogP contribution in [0.15, 0.2) is 18.2 Å². The van der Waals surface area contributed by atoms with Gasteiger partial charge in [-0.15, -0.1) is 0 Å². The van der Waals surface area contributed by atoms with Crippen molar-refractivity contribution >= 4 is 15.9 Å². The van der Waals surface area contributed by atoms with Crippen molar-refractivity contribution in [3.05, 3.63) is 29.3 Å². The van der Waals surface area contributed by atoms with Crippen molar-refractivity contribution in [2.75, 3.05) is 6.61 Å². The van der Waals surface area contributed by atoms with Crippen LogP contribution in [-0.4, -0.2) is 11.4 Å². The van der Waals surface area contributed by atoms with Crippen LogP contribution in [0.3, 0.4) is 0 Å². The first-order chi connectivity index (χ1) is 6.08. The minimum atomic E-state index is 0.397. The molecule has 13 heavy (non-hydrogen) atoms. The first-order valence-electron chi connectivity index (χ1n) is 4.43. The lowest BCUT2D eigenvalue weighted by Crippen LogP contribution is -2.06.